The van der Waals surface area contributed by atoms with Crippen LogP contribution in [0.15, 0.2) is 72.9 Å². The molecular formula is C35H39ClF4N4O5. The predicted octanol–water partition coefficient (Wildman–Crippen LogP) is 7.46. The lowest BCUT2D eigenvalue weighted by atomic mass is 9.80. The zero-order valence-electron chi connectivity index (χ0n) is 27.6. The van der Waals surface area contributed by atoms with Gasteiger partial charge in [0.2, 0.25) is 0 Å². The van der Waals surface area contributed by atoms with Crippen LogP contribution in [0.4, 0.5) is 27.2 Å². The lowest BCUT2D eigenvalue weighted by Gasteiger charge is -2.44. The van der Waals surface area contributed by atoms with Crippen molar-refractivity contribution in [3.63, 3.8) is 0 Å². The summed E-state index contributed by atoms with van der Waals surface area (Å²) in [5.74, 6) is -0.700. The van der Waals surface area contributed by atoms with E-state index in [1.54, 1.807) is 70.2 Å². The highest BCUT2D eigenvalue weighted by molar-refractivity contribution is 6.30. The lowest BCUT2D eigenvalue weighted by Crippen LogP contribution is -2.62. The van der Waals surface area contributed by atoms with Crippen molar-refractivity contribution in [1.82, 2.24) is 20.1 Å². The Morgan fingerprint density at radius 2 is 1.73 bits per heavy atom. The van der Waals surface area contributed by atoms with Crippen LogP contribution < -0.4 is 10.1 Å². The molecule has 4 rings (SSSR count). The number of rotatable bonds is 11. The van der Waals surface area contributed by atoms with Crippen molar-refractivity contribution < 1.29 is 41.4 Å². The number of pyridine rings is 1. The van der Waals surface area contributed by atoms with Crippen molar-refractivity contribution in [2.45, 2.75) is 76.7 Å². The molecule has 0 aliphatic carbocycles. The van der Waals surface area contributed by atoms with Crippen LogP contribution in [-0.4, -0.2) is 76.5 Å². The number of hydrogen-bond donors (Lipinski definition) is 1. The molecule has 2 atom stereocenters. The van der Waals surface area contributed by atoms with E-state index in [1.807, 2.05) is 0 Å². The maximum atomic E-state index is 14.5. The molecule has 2 heterocycles. The molecule has 3 aromatic rings. The Balaban J connectivity index is 1.81. The number of carbonyl (C=O) groups is 3. The van der Waals surface area contributed by atoms with Gasteiger partial charge in [-0.25, -0.2) is 9.59 Å². The molecule has 49 heavy (non-hydrogen) atoms. The highest BCUT2D eigenvalue weighted by Crippen LogP contribution is 2.37. The van der Waals surface area contributed by atoms with Gasteiger partial charge in [0.25, 0.3) is 0 Å². The van der Waals surface area contributed by atoms with Crippen molar-refractivity contribution in [1.29, 1.82) is 0 Å². The number of hydrogen-bond acceptors (Lipinski definition) is 6. The Bertz CT molecular complexity index is 1610. The van der Waals surface area contributed by atoms with E-state index in [-0.39, 0.29) is 61.0 Å². The number of ether oxygens (including phenoxy) is 2. The molecule has 14 heteroatoms. The SMILES string of the molecule is CCC(=O)CC1CN(C(=O)OC(C)(C)C)CCN1C(=O)N[C@](Cc1ccccc1)(c1cccc(OC(F)(F)C(F)F)c1)c1ccc(Cl)cn1. The van der Waals surface area contributed by atoms with Crippen molar-refractivity contribution in [3.8, 4) is 5.75 Å². The molecule has 1 fully saturated rings. The molecule has 0 saturated carbocycles. The highest BCUT2D eigenvalue weighted by atomic mass is 35.5. The van der Waals surface area contributed by atoms with Gasteiger partial charge in [0.15, 0.2) is 0 Å². The van der Waals surface area contributed by atoms with Gasteiger partial charge in [-0.05, 0) is 56.2 Å². The molecule has 9 nitrogen and oxygen atoms in total. The van der Waals surface area contributed by atoms with E-state index in [0.29, 0.717) is 5.56 Å². The number of urea groups is 1. The van der Waals surface area contributed by atoms with Crippen molar-refractivity contribution >= 4 is 29.5 Å². The van der Waals surface area contributed by atoms with Crippen molar-refractivity contribution in [3.05, 3.63) is 94.8 Å². The Morgan fingerprint density at radius 3 is 2.35 bits per heavy atom. The van der Waals surface area contributed by atoms with Gasteiger partial charge in [-0.1, -0.05) is 61.0 Å². The summed E-state index contributed by atoms with van der Waals surface area (Å²) in [5.41, 5.74) is -1.22. The zero-order chi connectivity index (χ0) is 36.0. The second-order valence-electron chi connectivity index (χ2n) is 12.7. The van der Waals surface area contributed by atoms with E-state index in [9.17, 15) is 31.9 Å². The number of Topliss-reactive ketones (excluding diaryl/α,β-unsaturated/α-hetero) is 1. The number of piperazine rings is 1. The molecule has 1 aliphatic heterocycles. The van der Waals surface area contributed by atoms with Gasteiger partial charge in [0.1, 0.15) is 22.7 Å². The molecular weight excluding hydrogens is 668 g/mol. The third-order valence-electron chi connectivity index (χ3n) is 7.88. The fourth-order valence-corrected chi connectivity index (χ4v) is 5.64. The summed E-state index contributed by atoms with van der Waals surface area (Å²) in [7, 11) is 0. The summed E-state index contributed by atoms with van der Waals surface area (Å²) in [6.45, 7) is 7.06. The Kier molecular flexibility index (Phi) is 11.8. The third-order valence-corrected chi connectivity index (χ3v) is 8.11. The standard InChI is InChI=1S/C35H39ClF4N4O5/c1-5-27(45)19-26-22-43(32(47)49-33(2,3)4)16-17-44(26)31(46)42-34(20-23-10-7-6-8-11-23,29-15-14-25(36)21-41-29)24-12-9-13-28(18-24)48-35(39,40)30(37)38/h6-15,18,21,26,30H,5,16-17,19-20,22H2,1-4H3,(H,42,46)/t26?,34-/m1/s1. The number of benzene rings is 2. The zero-order valence-corrected chi connectivity index (χ0v) is 28.4. The number of alkyl halides is 4. The predicted molar refractivity (Wildman–Crippen MR) is 175 cm³/mol. The monoisotopic (exact) mass is 706 g/mol. The van der Waals surface area contributed by atoms with Crippen LogP contribution in [0.2, 0.25) is 5.02 Å². The molecule has 0 radical (unpaired) electrons. The molecule has 0 spiro atoms. The minimum Gasteiger partial charge on any atom is -0.444 e. The number of nitrogens with one attached hydrogen (secondary N) is 1. The molecule has 1 unspecified atom stereocenters. The Hall–Kier alpha value is -4.39. The van der Waals surface area contributed by atoms with Gasteiger partial charge in [-0.2, -0.15) is 17.6 Å². The van der Waals surface area contributed by atoms with Gasteiger partial charge < -0.3 is 24.6 Å². The Morgan fingerprint density at radius 1 is 1.02 bits per heavy atom. The first-order valence-electron chi connectivity index (χ1n) is 15.7. The third kappa shape index (κ3) is 9.62. The van der Waals surface area contributed by atoms with Gasteiger partial charge >= 0.3 is 24.7 Å². The van der Waals surface area contributed by atoms with Crippen LogP contribution in [0, 0.1) is 0 Å². The average molecular weight is 707 g/mol. The minimum absolute atomic E-state index is 0.0188. The van der Waals surface area contributed by atoms with Crippen LogP contribution >= 0.6 is 11.6 Å². The molecule has 1 N–H and O–H groups in total. The fraction of sp³-hybridized carbons (Fsp3) is 0.429. The number of aromatic nitrogens is 1. The molecule has 1 aliphatic rings. The first kappa shape index (κ1) is 37.4. The average Bonchev–Trinajstić information content (AvgIpc) is 3.04. The number of nitrogens with zero attached hydrogens (tertiary/aromatic N) is 3. The second kappa shape index (κ2) is 15.4. The summed E-state index contributed by atoms with van der Waals surface area (Å²) in [5, 5.41) is 3.35. The van der Waals surface area contributed by atoms with E-state index >= 15 is 0 Å². The van der Waals surface area contributed by atoms with Crippen LogP contribution in [0.1, 0.15) is 57.4 Å². The first-order chi connectivity index (χ1) is 23.0. The minimum atomic E-state index is -4.78. The van der Waals surface area contributed by atoms with E-state index < -0.39 is 47.6 Å². The summed E-state index contributed by atoms with van der Waals surface area (Å²) >= 11 is 6.18. The number of carbonyl (C=O) groups excluding carboxylic acids is 3. The molecule has 264 valence electrons. The molecule has 0 bridgehead atoms. The van der Waals surface area contributed by atoms with E-state index in [0.717, 1.165) is 12.1 Å². The molecule has 2 aromatic carbocycles. The van der Waals surface area contributed by atoms with Crippen LogP contribution in [-0.2, 0) is 21.5 Å². The number of halogens is 5. The summed E-state index contributed by atoms with van der Waals surface area (Å²) in [4.78, 5) is 47.6. The van der Waals surface area contributed by atoms with E-state index in [4.69, 9.17) is 16.3 Å². The normalized spacial score (nSPS) is 16.6. The number of ketones is 1. The maximum Gasteiger partial charge on any atom is 0.461 e. The molecule has 1 saturated heterocycles. The maximum absolute atomic E-state index is 14.5. The van der Waals surface area contributed by atoms with Crippen molar-refractivity contribution in [2.75, 3.05) is 19.6 Å². The summed E-state index contributed by atoms with van der Waals surface area (Å²) < 4.78 is 64.2. The smallest absolute Gasteiger partial charge is 0.444 e. The first-order valence-corrected chi connectivity index (χ1v) is 16.1. The van der Waals surface area contributed by atoms with Crippen LogP contribution in [0.5, 0.6) is 5.75 Å². The van der Waals surface area contributed by atoms with E-state index in [1.165, 1.54) is 28.1 Å². The largest absolute Gasteiger partial charge is 0.461 e. The van der Waals surface area contributed by atoms with Gasteiger partial charge in [-0.15, -0.1) is 0 Å². The van der Waals surface area contributed by atoms with E-state index in [2.05, 4.69) is 15.0 Å². The molecule has 3 amide bonds. The highest BCUT2D eigenvalue weighted by Gasteiger charge is 2.45. The van der Waals surface area contributed by atoms with Gasteiger partial charge in [0, 0.05) is 45.1 Å². The van der Waals surface area contributed by atoms with Crippen LogP contribution in [0.25, 0.3) is 0 Å². The van der Waals surface area contributed by atoms with Gasteiger partial charge in [-0.3, -0.25) is 9.78 Å². The quantitative estimate of drug-likeness (QED) is 0.208. The Labute approximate surface area is 287 Å². The second-order valence-corrected chi connectivity index (χ2v) is 13.2. The van der Waals surface area contributed by atoms with Crippen molar-refractivity contribution in [2.24, 2.45) is 0 Å². The number of amides is 3. The summed E-state index contributed by atoms with van der Waals surface area (Å²) in [6, 6.07) is 15.8. The van der Waals surface area contributed by atoms with Crippen LogP contribution in [0.3, 0.4) is 0 Å². The lowest BCUT2D eigenvalue weighted by molar-refractivity contribution is -0.253. The summed E-state index contributed by atoms with van der Waals surface area (Å²) in [6.07, 6.45) is -7.90. The fourth-order valence-electron chi connectivity index (χ4n) is 5.53. The van der Waals surface area contributed by atoms with Gasteiger partial charge in [0.05, 0.1) is 16.8 Å². The topological polar surface area (TPSA) is 101 Å². The molecule has 1 aromatic heterocycles.